The first-order chi connectivity index (χ1) is 19.0. The Morgan fingerprint density at radius 2 is 1.56 bits per heavy atom. The van der Waals surface area contributed by atoms with Crippen molar-refractivity contribution in [2.75, 3.05) is 57.4 Å². The third-order valence-corrected chi connectivity index (χ3v) is 8.73. The fourth-order valence-corrected chi connectivity index (χ4v) is 6.20. The molecule has 1 aliphatic rings. The van der Waals surface area contributed by atoms with Crippen LogP contribution in [-0.2, 0) is 14.8 Å². The average molecular weight is 556 g/mol. The van der Waals surface area contributed by atoms with Crippen molar-refractivity contribution >= 4 is 21.7 Å². The summed E-state index contributed by atoms with van der Waals surface area (Å²) < 4.78 is 33.8. The fraction of sp³-hybridized carbons (Fsp3) is 0.536. The SMILES string of the molecule is N#CN=C(N)N(CCCCCCCCN(CCCN1CCOCC1)S(=O)(=O)c1ccccc1)c1ccncc1. The van der Waals surface area contributed by atoms with E-state index in [1.165, 1.54) is 0 Å². The minimum absolute atomic E-state index is 0.178. The lowest BCUT2D eigenvalue weighted by molar-refractivity contribution is 0.0369. The van der Waals surface area contributed by atoms with E-state index in [2.05, 4.69) is 14.9 Å². The maximum atomic E-state index is 13.3. The number of anilines is 1. The maximum Gasteiger partial charge on any atom is 0.243 e. The second kappa shape index (κ2) is 16.8. The first kappa shape index (κ1) is 30.5. The second-order valence-corrected chi connectivity index (χ2v) is 11.5. The normalized spacial score (nSPS) is 14.8. The van der Waals surface area contributed by atoms with E-state index in [0.29, 0.717) is 24.5 Å². The predicted octanol–water partition coefficient (Wildman–Crippen LogP) is 3.44. The lowest BCUT2D eigenvalue weighted by Crippen LogP contribution is -2.39. The molecule has 0 amide bonds. The molecule has 1 saturated heterocycles. The first-order valence-corrected chi connectivity index (χ1v) is 15.2. The Morgan fingerprint density at radius 3 is 2.23 bits per heavy atom. The Morgan fingerprint density at radius 1 is 0.949 bits per heavy atom. The Labute approximate surface area is 233 Å². The zero-order valence-corrected chi connectivity index (χ0v) is 23.5. The van der Waals surface area contributed by atoms with Crippen LogP contribution in [0.15, 0.2) is 64.7 Å². The molecule has 10 nitrogen and oxygen atoms in total. The van der Waals surface area contributed by atoms with Crippen molar-refractivity contribution < 1.29 is 13.2 Å². The number of guanidine groups is 1. The highest BCUT2D eigenvalue weighted by Gasteiger charge is 2.24. The van der Waals surface area contributed by atoms with Crippen LogP contribution in [0.5, 0.6) is 0 Å². The van der Waals surface area contributed by atoms with Crippen LogP contribution in [0, 0.1) is 11.5 Å². The van der Waals surface area contributed by atoms with E-state index in [9.17, 15) is 8.42 Å². The molecule has 0 bridgehead atoms. The number of benzene rings is 1. The van der Waals surface area contributed by atoms with Crippen LogP contribution in [0.25, 0.3) is 0 Å². The highest BCUT2D eigenvalue weighted by Crippen LogP contribution is 2.18. The number of rotatable bonds is 16. The number of sulfonamides is 1. The molecule has 1 aromatic carbocycles. The zero-order chi connectivity index (χ0) is 27.8. The number of hydrogen-bond donors (Lipinski definition) is 1. The molecule has 2 aromatic rings. The minimum Gasteiger partial charge on any atom is -0.379 e. The van der Waals surface area contributed by atoms with Crippen LogP contribution in [0.2, 0.25) is 0 Å². The van der Waals surface area contributed by atoms with Gasteiger partial charge >= 0.3 is 0 Å². The van der Waals surface area contributed by atoms with Crippen LogP contribution in [-0.4, -0.2) is 81.0 Å². The number of nitrogens with two attached hydrogens (primary N) is 1. The quantitative estimate of drug-likeness (QED) is 0.144. The van der Waals surface area contributed by atoms with Crippen molar-refractivity contribution in [3.8, 4) is 6.19 Å². The number of hydrogen-bond acceptors (Lipinski definition) is 7. The molecule has 1 aliphatic heterocycles. The fourth-order valence-electron chi connectivity index (χ4n) is 4.67. The molecule has 0 spiro atoms. The summed E-state index contributed by atoms with van der Waals surface area (Å²) in [6.07, 6.45) is 11.7. The Hall–Kier alpha value is -3.04. The summed E-state index contributed by atoms with van der Waals surface area (Å²) in [5.74, 6) is 0.178. The van der Waals surface area contributed by atoms with E-state index in [-0.39, 0.29) is 5.96 Å². The summed E-state index contributed by atoms with van der Waals surface area (Å²) in [7, 11) is -3.52. The Bertz CT molecular complexity index is 1130. The van der Waals surface area contributed by atoms with Gasteiger partial charge in [0.15, 0.2) is 0 Å². The second-order valence-electron chi connectivity index (χ2n) is 9.57. The van der Waals surface area contributed by atoms with E-state index in [4.69, 9.17) is 15.7 Å². The summed E-state index contributed by atoms with van der Waals surface area (Å²) in [6.45, 7) is 5.89. The highest BCUT2D eigenvalue weighted by molar-refractivity contribution is 7.89. The van der Waals surface area contributed by atoms with Crippen molar-refractivity contribution in [1.29, 1.82) is 5.26 Å². The van der Waals surface area contributed by atoms with Gasteiger partial charge in [0.05, 0.1) is 18.1 Å². The number of ether oxygens (including phenoxy) is 1. The van der Waals surface area contributed by atoms with Crippen LogP contribution < -0.4 is 10.6 Å². The van der Waals surface area contributed by atoms with E-state index in [0.717, 1.165) is 83.5 Å². The largest absolute Gasteiger partial charge is 0.379 e. The van der Waals surface area contributed by atoms with Gasteiger partial charge in [-0.05, 0) is 50.1 Å². The van der Waals surface area contributed by atoms with Gasteiger partial charge in [0.25, 0.3) is 0 Å². The van der Waals surface area contributed by atoms with Crippen molar-refractivity contribution in [3.05, 3.63) is 54.9 Å². The van der Waals surface area contributed by atoms with Crippen LogP contribution in [0.3, 0.4) is 0 Å². The van der Waals surface area contributed by atoms with Crippen LogP contribution in [0.4, 0.5) is 5.69 Å². The molecular formula is C28H41N7O3S. The molecule has 2 heterocycles. The number of aromatic nitrogens is 1. The Kier molecular flexibility index (Phi) is 13.2. The molecule has 0 saturated carbocycles. The minimum atomic E-state index is -3.52. The number of morpholine rings is 1. The molecule has 0 radical (unpaired) electrons. The molecule has 1 aromatic heterocycles. The molecule has 1 fully saturated rings. The molecule has 2 N–H and O–H groups in total. The van der Waals surface area contributed by atoms with Crippen molar-refractivity contribution in [2.45, 2.75) is 49.8 Å². The molecule has 3 rings (SSSR count). The number of nitrogens with zero attached hydrogens (tertiary/aromatic N) is 6. The molecule has 0 atom stereocenters. The topological polar surface area (TPSA) is 128 Å². The number of unbranched alkanes of at least 4 members (excludes halogenated alkanes) is 5. The van der Waals surface area contributed by atoms with E-state index < -0.39 is 10.0 Å². The predicted molar refractivity (Wildman–Crippen MR) is 154 cm³/mol. The van der Waals surface area contributed by atoms with Gasteiger partial charge in [-0.2, -0.15) is 9.57 Å². The number of nitriles is 1. The molecule has 0 aliphatic carbocycles. The monoisotopic (exact) mass is 555 g/mol. The van der Waals surface area contributed by atoms with Gasteiger partial charge in [0.2, 0.25) is 22.2 Å². The summed E-state index contributed by atoms with van der Waals surface area (Å²) in [4.78, 5) is 12.2. The van der Waals surface area contributed by atoms with E-state index in [1.807, 2.05) is 23.1 Å². The van der Waals surface area contributed by atoms with Crippen molar-refractivity contribution in [2.24, 2.45) is 10.7 Å². The summed E-state index contributed by atoms with van der Waals surface area (Å²) in [5, 5.41) is 8.88. The third-order valence-electron chi connectivity index (χ3n) is 6.82. The summed E-state index contributed by atoms with van der Waals surface area (Å²) in [6, 6.07) is 12.4. The van der Waals surface area contributed by atoms with Crippen LogP contribution in [0.1, 0.15) is 44.9 Å². The third kappa shape index (κ3) is 10.2. The number of aliphatic imine (C=N–C) groups is 1. The first-order valence-electron chi connectivity index (χ1n) is 13.8. The maximum absolute atomic E-state index is 13.3. The summed E-state index contributed by atoms with van der Waals surface area (Å²) >= 11 is 0. The number of pyridine rings is 1. The molecule has 0 unspecified atom stereocenters. The molecule has 39 heavy (non-hydrogen) atoms. The Balaban J connectivity index is 1.42. The van der Waals surface area contributed by atoms with Crippen molar-refractivity contribution in [3.63, 3.8) is 0 Å². The smallest absolute Gasteiger partial charge is 0.243 e. The molecular weight excluding hydrogens is 514 g/mol. The highest BCUT2D eigenvalue weighted by atomic mass is 32.2. The molecule has 11 heteroatoms. The lowest BCUT2D eigenvalue weighted by Gasteiger charge is -2.28. The average Bonchev–Trinajstić information content (AvgIpc) is 2.97. The standard InChI is InChI=1S/C28H41N7O3S/c29-25-32-28(30)35(26-13-15-31-16-14-26)20-9-4-2-1-3-8-18-34(19-10-17-33-21-23-38-24-22-33)39(36,37)27-11-6-5-7-12-27/h5-7,11-16H,1-4,8-10,17-24H2,(H2,30,32). The van der Waals surface area contributed by atoms with E-state index >= 15 is 0 Å². The van der Waals surface area contributed by atoms with Crippen molar-refractivity contribution in [1.82, 2.24) is 14.2 Å². The van der Waals surface area contributed by atoms with Gasteiger partial charge in [-0.3, -0.25) is 9.88 Å². The van der Waals surface area contributed by atoms with Gasteiger partial charge in [-0.15, -0.1) is 4.99 Å². The van der Waals surface area contributed by atoms with Crippen LogP contribution >= 0.6 is 0 Å². The molecule has 212 valence electrons. The van der Waals surface area contributed by atoms with Gasteiger partial charge < -0.3 is 15.4 Å². The van der Waals surface area contributed by atoms with Gasteiger partial charge in [-0.1, -0.05) is 43.9 Å². The van der Waals surface area contributed by atoms with Gasteiger partial charge in [0, 0.05) is 50.8 Å². The van der Waals surface area contributed by atoms with E-state index in [1.54, 1.807) is 47.2 Å². The van der Waals surface area contributed by atoms with Gasteiger partial charge in [0.1, 0.15) is 0 Å². The van der Waals surface area contributed by atoms with Gasteiger partial charge in [-0.25, -0.2) is 8.42 Å². The zero-order valence-electron chi connectivity index (χ0n) is 22.7. The lowest BCUT2D eigenvalue weighted by atomic mass is 10.1. The summed E-state index contributed by atoms with van der Waals surface area (Å²) in [5.41, 5.74) is 6.85.